The van der Waals surface area contributed by atoms with Crippen LogP contribution in [0.3, 0.4) is 0 Å². The zero-order valence-electron chi connectivity index (χ0n) is 13.8. The summed E-state index contributed by atoms with van der Waals surface area (Å²) in [4.78, 5) is 12.7. The van der Waals surface area contributed by atoms with Crippen LogP contribution in [0.1, 0.15) is 80.3 Å². The molecule has 128 valence electrons. The summed E-state index contributed by atoms with van der Waals surface area (Å²) in [5.41, 5.74) is 0. The van der Waals surface area contributed by atoms with Crippen LogP contribution in [-0.4, -0.2) is 17.1 Å². The van der Waals surface area contributed by atoms with Crippen molar-refractivity contribution >= 4 is 34.6 Å². The normalized spacial score (nSPS) is 18.4. The van der Waals surface area contributed by atoms with Gasteiger partial charge in [0.15, 0.2) is 5.11 Å². The molecule has 1 fully saturated rings. The first kappa shape index (κ1) is 18.4. The van der Waals surface area contributed by atoms with Gasteiger partial charge in [-0.25, -0.2) is 0 Å². The van der Waals surface area contributed by atoms with E-state index in [0.717, 1.165) is 12.8 Å². The number of thiophene rings is 1. The highest BCUT2D eigenvalue weighted by Gasteiger charge is 2.13. The molecule has 0 saturated heterocycles. The molecule has 0 unspecified atom stereocenters. The van der Waals surface area contributed by atoms with Crippen LogP contribution in [0, 0.1) is 0 Å². The van der Waals surface area contributed by atoms with Gasteiger partial charge in [-0.05, 0) is 36.5 Å². The molecule has 5 heteroatoms. The van der Waals surface area contributed by atoms with Crippen LogP contribution in [0.4, 0.5) is 0 Å². The topological polar surface area (TPSA) is 41.1 Å². The Morgan fingerprint density at radius 1 is 1.00 bits per heavy atom. The highest BCUT2D eigenvalue weighted by molar-refractivity contribution is 7.80. The fourth-order valence-electron chi connectivity index (χ4n) is 3.10. The van der Waals surface area contributed by atoms with Crippen LogP contribution in [0.5, 0.6) is 0 Å². The summed E-state index contributed by atoms with van der Waals surface area (Å²) in [6.45, 7) is 0. The minimum atomic E-state index is -0.106. The second-order valence-corrected chi connectivity index (χ2v) is 7.72. The molecule has 0 aromatic carbocycles. The van der Waals surface area contributed by atoms with Crippen LogP contribution in [0.2, 0.25) is 0 Å². The Balaban J connectivity index is 1.77. The molecular formula is C18H28N2OS2. The molecule has 3 nitrogen and oxygen atoms in total. The van der Waals surface area contributed by atoms with E-state index < -0.39 is 0 Å². The van der Waals surface area contributed by atoms with Gasteiger partial charge in [0.1, 0.15) is 0 Å². The molecule has 1 aromatic rings. The van der Waals surface area contributed by atoms with Gasteiger partial charge in [0.25, 0.3) is 5.91 Å². The lowest BCUT2D eigenvalue weighted by Crippen LogP contribution is -2.44. The predicted octanol–water partition coefficient (Wildman–Crippen LogP) is 5.03. The number of amides is 1. The zero-order valence-corrected chi connectivity index (χ0v) is 15.4. The first-order valence-corrected chi connectivity index (χ1v) is 10.2. The van der Waals surface area contributed by atoms with Crippen molar-refractivity contribution in [1.82, 2.24) is 10.6 Å². The molecule has 0 atom stereocenters. The summed E-state index contributed by atoms with van der Waals surface area (Å²) < 4.78 is 0. The number of rotatable bonds is 2. The Morgan fingerprint density at radius 3 is 2.09 bits per heavy atom. The largest absolute Gasteiger partial charge is 0.360 e. The monoisotopic (exact) mass is 352 g/mol. The Kier molecular flexibility index (Phi) is 8.61. The van der Waals surface area contributed by atoms with E-state index in [0.29, 0.717) is 16.0 Å². The van der Waals surface area contributed by atoms with E-state index in [1.807, 2.05) is 17.5 Å². The second kappa shape index (κ2) is 10.8. The molecule has 1 amide bonds. The van der Waals surface area contributed by atoms with E-state index in [4.69, 9.17) is 12.2 Å². The van der Waals surface area contributed by atoms with Crippen molar-refractivity contribution in [2.45, 2.75) is 76.7 Å². The van der Waals surface area contributed by atoms with E-state index >= 15 is 0 Å². The molecule has 2 N–H and O–H groups in total. The quantitative estimate of drug-likeness (QED) is 0.734. The number of hydrogen-bond donors (Lipinski definition) is 2. The van der Waals surface area contributed by atoms with E-state index in [1.54, 1.807) is 0 Å². The molecule has 2 rings (SSSR count). The molecule has 1 saturated carbocycles. The van der Waals surface area contributed by atoms with E-state index in [9.17, 15) is 4.79 Å². The summed E-state index contributed by atoms with van der Waals surface area (Å²) >= 11 is 6.77. The van der Waals surface area contributed by atoms with Crippen molar-refractivity contribution in [2.24, 2.45) is 0 Å². The van der Waals surface area contributed by atoms with Crippen molar-refractivity contribution < 1.29 is 4.79 Å². The average Bonchev–Trinajstić information content (AvgIpc) is 3.04. The summed E-state index contributed by atoms with van der Waals surface area (Å²) in [7, 11) is 0. The van der Waals surface area contributed by atoms with Crippen molar-refractivity contribution in [3.63, 3.8) is 0 Å². The molecular weight excluding hydrogens is 324 g/mol. The Labute approximate surface area is 149 Å². The number of nitrogens with one attached hydrogen (secondary N) is 2. The van der Waals surface area contributed by atoms with Crippen LogP contribution >= 0.6 is 23.6 Å². The van der Waals surface area contributed by atoms with Gasteiger partial charge in [-0.15, -0.1) is 11.3 Å². The third-order valence-electron chi connectivity index (χ3n) is 4.41. The van der Waals surface area contributed by atoms with Gasteiger partial charge >= 0.3 is 0 Å². The first-order chi connectivity index (χ1) is 11.3. The van der Waals surface area contributed by atoms with Gasteiger partial charge in [0, 0.05) is 6.04 Å². The lowest BCUT2D eigenvalue weighted by molar-refractivity contribution is 0.0980. The fraction of sp³-hybridized carbons (Fsp3) is 0.667. The standard InChI is InChI=1S/C18H28N2OS2/c21-17(16-13-10-14-23-16)20-18(22)19-15-11-8-6-4-2-1-3-5-7-9-12-15/h10,13-15H,1-9,11-12H2,(H2,19,20,21,22). The molecule has 1 aliphatic rings. The molecule has 0 bridgehead atoms. The maximum atomic E-state index is 12.0. The van der Waals surface area contributed by atoms with Crippen molar-refractivity contribution in [3.05, 3.63) is 22.4 Å². The maximum Gasteiger partial charge on any atom is 0.267 e. The lowest BCUT2D eigenvalue weighted by Gasteiger charge is -2.21. The fourth-order valence-corrected chi connectivity index (χ4v) is 3.98. The Bertz CT molecular complexity index is 461. The van der Waals surface area contributed by atoms with Crippen LogP contribution in [0.15, 0.2) is 17.5 Å². The lowest BCUT2D eigenvalue weighted by atomic mass is 9.98. The van der Waals surface area contributed by atoms with Gasteiger partial charge in [0.2, 0.25) is 0 Å². The summed E-state index contributed by atoms with van der Waals surface area (Å²) in [6, 6.07) is 4.09. The molecule has 0 spiro atoms. The smallest absolute Gasteiger partial charge is 0.267 e. The number of carbonyl (C=O) groups excluding carboxylic acids is 1. The van der Waals surface area contributed by atoms with E-state index in [1.165, 1.54) is 69.1 Å². The average molecular weight is 353 g/mol. The number of carbonyl (C=O) groups is 1. The third-order valence-corrected chi connectivity index (χ3v) is 5.50. The van der Waals surface area contributed by atoms with Crippen LogP contribution in [-0.2, 0) is 0 Å². The van der Waals surface area contributed by atoms with Crippen molar-refractivity contribution in [1.29, 1.82) is 0 Å². The molecule has 0 aliphatic heterocycles. The van der Waals surface area contributed by atoms with E-state index in [2.05, 4.69) is 10.6 Å². The summed E-state index contributed by atoms with van der Waals surface area (Å²) in [5.74, 6) is -0.106. The number of hydrogen-bond acceptors (Lipinski definition) is 3. The van der Waals surface area contributed by atoms with Gasteiger partial charge in [-0.2, -0.15) is 0 Å². The molecule has 0 radical (unpaired) electrons. The number of thiocarbonyl (C=S) groups is 1. The van der Waals surface area contributed by atoms with Crippen molar-refractivity contribution in [3.8, 4) is 0 Å². The van der Waals surface area contributed by atoms with Gasteiger partial charge in [-0.3, -0.25) is 10.1 Å². The van der Waals surface area contributed by atoms with E-state index in [-0.39, 0.29) is 5.91 Å². The minimum Gasteiger partial charge on any atom is -0.360 e. The Morgan fingerprint density at radius 2 is 1.57 bits per heavy atom. The molecule has 1 heterocycles. The minimum absolute atomic E-state index is 0.106. The summed E-state index contributed by atoms with van der Waals surface area (Å²) in [5, 5.41) is 8.55. The van der Waals surface area contributed by atoms with Gasteiger partial charge < -0.3 is 5.32 Å². The van der Waals surface area contributed by atoms with Gasteiger partial charge in [-0.1, -0.05) is 63.9 Å². The zero-order chi connectivity index (χ0) is 16.3. The molecule has 1 aliphatic carbocycles. The highest BCUT2D eigenvalue weighted by atomic mass is 32.1. The maximum absolute atomic E-state index is 12.0. The second-order valence-electron chi connectivity index (χ2n) is 6.36. The van der Waals surface area contributed by atoms with Crippen LogP contribution < -0.4 is 10.6 Å². The predicted molar refractivity (Wildman–Crippen MR) is 102 cm³/mol. The highest BCUT2D eigenvalue weighted by Crippen LogP contribution is 2.17. The SMILES string of the molecule is O=C(NC(=S)NC1CCCCCCCCCCC1)c1cccs1. The van der Waals surface area contributed by atoms with Gasteiger partial charge in [0.05, 0.1) is 4.88 Å². The summed E-state index contributed by atoms with van der Waals surface area (Å²) in [6.07, 6.45) is 14.3. The molecule has 1 aromatic heterocycles. The Hall–Kier alpha value is -0.940. The molecule has 23 heavy (non-hydrogen) atoms. The van der Waals surface area contributed by atoms with Crippen LogP contribution in [0.25, 0.3) is 0 Å². The third kappa shape index (κ3) is 7.44. The van der Waals surface area contributed by atoms with Crippen molar-refractivity contribution in [2.75, 3.05) is 0 Å². The first-order valence-electron chi connectivity index (χ1n) is 8.91.